The number of fused-ring (bicyclic) bond motifs is 1. The van der Waals surface area contributed by atoms with Crippen LogP contribution >= 0.6 is 0 Å². The lowest BCUT2D eigenvalue weighted by molar-refractivity contribution is 0.287. The normalized spacial score (nSPS) is 10.8. The number of hydrogen-bond acceptors (Lipinski definition) is 5. The smallest absolute Gasteiger partial charge is 0.193 e. The summed E-state index contributed by atoms with van der Waals surface area (Å²) < 4.78 is 16.7. The van der Waals surface area contributed by atoms with Crippen LogP contribution in [0.25, 0.3) is 22.3 Å². The molecule has 0 aliphatic carbocycles. The van der Waals surface area contributed by atoms with Crippen molar-refractivity contribution in [1.82, 2.24) is 0 Å². The third-order valence-electron chi connectivity index (χ3n) is 4.11. The van der Waals surface area contributed by atoms with Gasteiger partial charge in [-0.05, 0) is 42.7 Å². The molecule has 130 valence electrons. The summed E-state index contributed by atoms with van der Waals surface area (Å²) >= 11 is 0. The highest BCUT2D eigenvalue weighted by molar-refractivity contribution is 5.82. The number of aliphatic hydroxyl groups is 1. The highest BCUT2D eigenvalue weighted by atomic mass is 16.5. The molecule has 2 aromatic carbocycles. The Balaban J connectivity index is 2.19. The van der Waals surface area contributed by atoms with Gasteiger partial charge in [0.25, 0.3) is 0 Å². The summed E-state index contributed by atoms with van der Waals surface area (Å²) in [5, 5.41) is 9.53. The minimum Gasteiger partial charge on any atom is -0.496 e. The Morgan fingerprint density at radius 2 is 1.80 bits per heavy atom. The van der Waals surface area contributed by atoms with E-state index < -0.39 is 0 Å². The average molecular weight is 340 g/mol. The highest BCUT2D eigenvalue weighted by Crippen LogP contribution is 2.32. The second kappa shape index (κ2) is 7.40. The number of benzene rings is 2. The molecule has 1 heterocycles. The van der Waals surface area contributed by atoms with E-state index in [-0.39, 0.29) is 12.0 Å². The van der Waals surface area contributed by atoms with E-state index in [9.17, 15) is 4.79 Å². The van der Waals surface area contributed by atoms with E-state index in [1.54, 1.807) is 20.3 Å². The lowest BCUT2D eigenvalue weighted by atomic mass is 10.0. The first-order valence-electron chi connectivity index (χ1n) is 8.07. The van der Waals surface area contributed by atoms with E-state index in [0.717, 1.165) is 11.1 Å². The van der Waals surface area contributed by atoms with Crippen LogP contribution in [0.5, 0.6) is 11.5 Å². The van der Waals surface area contributed by atoms with Gasteiger partial charge in [-0.3, -0.25) is 4.79 Å². The van der Waals surface area contributed by atoms with Crippen molar-refractivity contribution in [2.24, 2.45) is 0 Å². The molecule has 3 aromatic rings. The molecule has 0 spiro atoms. The van der Waals surface area contributed by atoms with Crippen LogP contribution in [0.15, 0.2) is 51.7 Å². The summed E-state index contributed by atoms with van der Waals surface area (Å²) in [6.45, 7) is 0.0897. The van der Waals surface area contributed by atoms with E-state index in [2.05, 4.69) is 0 Å². The van der Waals surface area contributed by atoms with Gasteiger partial charge in [-0.2, -0.15) is 0 Å². The second-order valence-corrected chi connectivity index (χ2v) is 5.66. The fraction of sp³-hybridized carbons (Fsp3) is 0.250. The quantitative estimate of drug-likeness (QED) is 0.745. The maximum Gasteiger partial charge on any atom is 0.193 e. The van der Waals surface area contributed by atoms with Gasteiger partial charge in [-0.25, -0.2) is 0 Å². The lowest BCUT2D eigenvalue weighted by Gasteiger charge is -2.11. The highest BCUT2D eigenvalue weighted by Gasteiger charge is 2.14. The number of ether oxygens (including phenoxy) is 2. The number of rotatable bonds is 6. The van der Waals surface area contributed by atoms with Crippen molar-refractivity contribution >= 4 is 11.0 Å². The van der Waals surface area contributed by atoms with Gasteiger partial charge in [-0.1, -0.05) is 12.1 Å². The predicted octanol–water partition coefficient (Wildman–Crippen LogP) is 3.40. The zero-order chi connectivity index (χ0) is 17.8. The molecule has 25 heavy (non-hydrogen) atoms. The topological polar surface area (TPSA) is 68.9 Å². The number of aliphatic hydroxyl groups excluding tert-OH is 1. The number of hydrogen-bond donors (Lipinski definition) is 1. The first-order chi connectivity index (χ1) is 12.2. The zero-order valence-electron chi connectivity index (χ0n) is 14.2. The molecular formula is C20H20O5. The minimum absolute atomic E-state index is 0.0897. The summed E-state index contributed by atoms with van der Waals surface area (Å²) in [4.78, 5) is 12.6. The zero-order valence-corrected chi connectivity index (χ0v) is 14.2. The van der Waals surface area contributed by atoms with Gasteiger partial charge < -0.3 is 19.0 Å². The second-order valence-electron chi connectivity index (χ2n) is 5.66. The van der Waals surface area contributed by atoms with Gasteiger partial charge in [0.1, 0.15) is 22.8 Å². The van der Waals surface area contributed by atoms with Gasteiger partial charge in [0, 0.05) is 12.7 Å². The van der Waals surface area contributed by atoms with Crippen LogP contribution in [0.3, 0.4) is 0 Å². The van der Waals surface area contributed by atoms with Crippen LogP contribution in [0.4, 0.5) is 0 Å². The standard InChI is InChI=1S/C20H20O5/c1-23-17-8-4-3-7-14(17)20-12-16(22)15-11-18(24-2)13(6-5-9-21)10-19(15)25-20/h3-4,7-8,10-12,21H,5-6,9H2,1-2H3. The Labute approximate surface area is 145 Å². The number of para-hydroxylation sites is 1. The molecule has 1 aromatic heterocycles. The molecule has 5 heteroatoms. The molecule has 0 radical (unpaired) electrons. The van der Waals surface area contributed by atoms with Crippen LogP contribution in [0.2, 0.25) is 0 Å². The molecule has 0 saturated carbocycles. The Kier molecular flexibility index (Phi) is 5.05. The first kappa shape index (κ1) is 17.0. The molecule has 0 amide bonds. The number of methoxy groups -OCH3 is 2. The fourth-order valence-electron chi connectivity index (χ4n) is 2.86. The molecule has 1 N–H and O–H groups in total. The average Bonchev–Trinajstić information content (AvgIpc) is 2.65. The van der Waals surface area contributed by atoms with Crippen molar-refractivity contribution in [2.45, 2.75) is 12.8 Å². The van der Waals surface area contributed by atoms with Crippen LogP contribution in [0, 0.1) is 0 Å². The Morgan fingerprint density at radius 1 is 1.04 bits per heavy atom. The van der Waals surface area contributed by atoms with Crippen LogP contribution in [0.1, 0.15) is 12.0 Å². The predicted molar refractivity (Wildman–Crippen MR) is 96.4 cm³/mol. The van der Waals surface area contributed by atoms with E-state index in [0.29, 0.717) is 41.1 Å². The van der Waals surface area contributed by atoms with Crippen molar-refractivity contribution in [3.05, 3.63) is 58.3 Å². The fourth-order valence-corrected chi connectivity index (χ4v) is 2.86. The lowest BCUT2D eigenvalue weighted by Crippen LogP contribution is -2.03. The van der Waals surface area contributed by atoms with E-state index in [4.69, 9.17) is 19.0 Å². The van der Waals surface area contributed by atoms with E-state index in [1.807, 2.05) is 30.3 Å². The Bertz CT molecular complexity index is 942. The van der Waals surface area contributed by atoms with E-state index >= 15 is 0 Å². The first-order valence-corrected chi connectivity index (χ1v) is 8.07. The molecule has 0 saturated heterocycles. The molecule has 0 bridgehead atoms. The number of aryl methyl sites for hydroxylation is 1. The van der Waals surface area contributed by atoms with Crippen molar-refractivity contribution in [3.8, 4) is 22.8 Å². The van der Waals surface area contributed by atoms with Gasteiger partial charge in [0.2, 0.25) is 0 Å². The van der Waals surface area contributed by atoms with Gasteiger partial charge >= 0.3 is 0 Å². The van der Waals surface area contributed by atoms with Crippen LogP contribution in [-0.2, 0) is 6.42 Å². The molecule has 0 aliphatic rings. The molecule has 0 aliphatic heterocycles. The summed E-state index contributed by atoms with van der Waals surface area (Å²) in [6, 6.07) is 12.4. The van der Waals surface area contributed by atoms with Crippen molar-refractivity contribution in [3.63, 3.8) is 0 Å². The molecule has 3 rings (SSSR count). The van der Waals surface area contributed by atoms with Gasteiger partial charge in [0.15, 0.2) is 5.43 Å². The van der Waals surface area contributed by atoms with Crippen molar-refractivity contribution in [2.75, 3.05) is 20.8 Å². The van der Waals surface area contributed by atoms with Crippen LogP contribution < -0.4 is 14.9 Å². The molecular weight excluding hydrogens is 320 g/mol. The molecule has 0 unspecified atom stereocenters. The summed E-state index contributed by atoms with van der Waals surface area (Å²) in [6.07, 6.45) is 1.25. The summed E-state index contributed by atoms with van der Waals surface area (Å²) in [5.74, 6) is 1.71. The third kappa shape index (κ3) is 3.37. The van der Waals surface area contributed by atoms with Gasteiger partial charge in [0.05, 0.1) is 25.2 Å². The molecule has 0 atom stereocenters. The Morgan fingerprint density at radius 3 is 2.52 bits per heavy atom. The monoisotopic (exact) mass is 340 g/mol. The van der Waals surface area contributed by atoms with Crippen LogP contribution in [-0.4, -0.2) is 25.9 Å². The SMILES string of the molecule is COc1cc2c(=O)cc(-c3ccccc3OC)oc2cc1CCCO. The molecule has 5 nitrogen and oxygen atoms in total. The minimum atomic E-state index is -0.144. The maximum atomic E-state index is 12.6. The van der Waals surface area contributed by atoms with Crippen molar-refractivity contribution < 1.29 is 19.0 Å². The largest absolute Gasteiger partial charge is 0.496 e. The summed E-state index contributed by atoms with van der Waals surface area (Å²) in [7, 11) is 3.14. The summed E-state index contributed by atoms with van der Waals surface area (Å²) in [5.41, 5.74) is 1.96. The maximum absolute atomic E-state index is 12.6. The Hall–Kier alpha value is -2.79. The third-order valence-corrected chi connectivity index (χ3v) is 4.11. The van der Waals surface area contributed by atoms with Gasteiger partial charge in [-0.15, -0.1) is 0 Å². The van der Waals surface area contributed by atoms with Crippen molar-refractivity contribution in [1.29, 1.82) is 0 Å². The van der Waals surface area contributed by atoms with E-state index in [1.165, 1.54) is 6.07 Å². The molecule has 0 fully saturated rings.